The zero-order chi connectivity index (χ0) is 15.1. The molecule has 0 radical (unpaired) electrons. The Balaban J connectivity index is 1.85. The van der Waals surface area contributed by atoms with Crippen molar-refractivity contribution in [3.63, 3.8) is 0 Å². The molecular formula is C17H23N3O. The Hall–Kier alpha value is -2.10. The highest BCUT2D eigenvalue weighted by molar-refractivity contribution is 5.36. The molecule has 1 aromatic heterocycles. The lowest BCUT2D eigenvalue weighted by atomic mass is 10.2. The first-order chi connectivity index (χ1) is 10.2. The fraction of sp³-hybridized carbons (Fsp3) is 0.412. The van der Waals surface area contributed by atoms with Gasteiger partial charge >= 0.3 is 0 Å². The van der Waals surface area contributed by atoms with E-state index in [1.165, 1.54) is 5.56 Å². The van der Waals surface area contributed by atoms with Gasteiger partial charge in [-0.25, -0.2) is 9.97 Å². The molecule has 0 aliphatic carbocycles. The highest BCUT2D eigenvalue weighted by atomic mass is 16.5. The number of hydrogen-bond donors (Lipinski definition) is 1. The number of aromatic nitrogens is 2. The van der Waals surface area contributed by atoms with Gasteiger partial charge in [-0.15, -0.1) is 0 Å². The van der Waals surface area contributed by atoms with Crippen molar-refractivity contribution in [2.45, 2.75) is 39.7 Å². The minimum atomic E-state index is 0.177. The molecule has 0 aliphatic rings. The third-order valence-corrected chi connectivity index (χ3v) is 3.15. The fourth-order valence-electron chi connectivity index (χ4n) is 2.02. The molecule has 1 atom stereocenters. The molecule has 112 valence electrons. The number of nitrogens with one attached hydrogen (secondary N) is 1. The maximum atomic E-state index is 5.77. The molecule has 1 aromatic carbocycles. The van der Waals surface area contributed by atoms with Crippen molar-refractivity contribution in [3.05, 3.63) is 47.9 Å². The van der Waals surface area contributed by atoms with Gasteiger partial charge in [-0.1, -0.05) is 31.0 Å². The summed E-state index contributed by atoms with van der Waals surface area (Å²) in [5.74, 6) is 1.75. The molecule has 0 saturated heterocycles. The summed E-state index contributed by atoms with van der Waals surface area (Å²) in [5, 5.41) is 3.35. The van der Waals surface area contributed by atoms with Crippen LogP contribution in [0.5, 0.6) is 5.75 Å². The summed E-state index contributed by atoms with van der Waals surface area (Å²) in [4.78, 5) is 8.51. The van der Waals surface area contributed by atoms with Crippen LogP contribution in [-0.4, -0.2) is 22.6 Å². The van der Waals surface area contributed by atoms with Gasteiger partial charge in [-0.2, -0.15) is 0 Å². The van der Waals surface area contributed by atoms with Gasteiger partial charge in [0.05, 0.1) is 6.04 Å². The van der Waals surface area contributed by atoms with Crippen LogP contribution < -0.4 is 10.1 Å². The number of anilines is 1. The highest BCUT2D eigenvalue weighted by Crippen LogP contribution is 2.13. The number of hydrogen-bond acceptors (Lipinski definition) is 4. The van der Waals surface area contributed by atoms with Crippen molar-refractivity contribution in [2.75, 3.05) is 11.9 Å². The average Bonchev–Trinajstić information content (AvgIpc) is 2.47. The second-order valence-corrected chi connectivity index (χ2v) is 5.31. The molecule has 0 fully saturated rings. The molecule has 2 rings (SSSR count). The normalized spacial score (nSPS) is 12.0. The Morgan fingerprint density at radius 2 is 1.95 bits per heavy atom. The Labute approximate surface area is 126 Å². The van der Waals surface area contributed by atoms with Gasteiger partial charge in [-0.3, -0.25) is 0 Å². The SMILES string of the molecule is CCCc1cc(NC(C)COc2ccc(C)cc2)ncn1. The van der Waals surface area contributed by atoms with Gasteiger partial charge in [0.2, 0.25) is 0 Å². The Morgan fingerprint density at radius 1 is 1.19 bits per heavy atom. The fourth-order valence-corrected chi connectivity index (χ4v) is 2.02. The van der Waals surface area contributed by atoms with Crippen LogP contribution in [0.3, 0.4) is 0 Å². The summed E-state index contributed by atoms with van der Waals surface area (Å²) < 4.78 is 5.77. The van der Waals surface area contributed by atoms with Gasteiger partial charge in [0.15, 0.2) is 0 Å². The van der Waals surface area contributed by atoms with Gasteiger partial charge < -0.3 is 10.1 Å². The topological polar surface area (TPSA) is 47.0 Å². The second kappa shape index (κ2) is 7.62. The van der Waals surface area contributed by atoms with Gasteiger partial charge in [0, 0.05) is 11.8 Å². The van der Waals surface area contributed by atoms with Crippen molar-refractivity contribution in [2.24, 2.45) is 0 Å². The van der Waals surface area contributed by atoms with Crippen LogP contribution in [-0.2, 0) is 6.42 Å². The van der Waals surface area contributed by atoms with Crippen molar-refractivity contribution in [1.82, 2.24) is 9.97 Å². The number of benzene rings is 1. The van der Waals surface area contributed by atoms with Gasteiger partial charge in [0.1, 0.15) is 24.5 Å². The van der Waals surface area contributed by atoms with E-state index in [2.05, 4.69) is 48.2 Å². The molecule has 1 N–H and O–H groups in total. The number of ether oxygens (including phenoxy) is 1. The quantitative estimate of drug-likeness (QED) is 0.844. The first-order valence-corrected chi connectivity index (χ1v) is 7.44. The molecule has 4 heteroatoms. The van der Waals surface area contributed by atoms with Crippen LogP contribution >= 0.6 is 0 Å². The van der Waals surface area contributed by atoms with Crippen molar-refractivity contribution >= 4 is 5.82 Å². The van der Waals surface area contributed by atoms with Gasteiger partial charge in [0.25, 0.3) is 0 Å². The molecule has 0 aliphatic heterocycles. The van der Waals surface area contributed by atoms with E-state index in [0.717, 1.165) is 30.1 Å². The number of rotatable bonds is 7. The minimum Gasteiger partial charge on any atom is -0.491 e. The summed E-state index contributed by atoms with van der Waals surface area (Å²) in [6.45, 7) is 6.89. The summed E-state index contributed by atoms with van der Waals surface area (Å²) in [7, 11) is 0. The molecule has 0 bridgehead atoms. The monoisotopic (exact) mass is 285 g/mol. The molecule has 4 nitrogen and oxygen atoms in total. The van der Waals surface area contributed by atoms with Crippen molar-refractivity contribution in [1.29, 1.82) is 0 Å². The summed E-state index contributed by atoms with van der Waals surface area (Å²) in [6, 6.07) is 10.3. The predicted molar refractivity (Wildman–Crippen MR) is 85.8 cm³/mol. The van der Waals surface area contributed by atoms with E-state index in [1.54, 1.807) is 6.33 Å². The summed E-state index contributed by atoms with van der Waals surface area (Å²) in [6.07, 6.45) is 3.68. The highest BCUT2D eigenvalue weighted by Gasteiger charge is 2.05. The Bertz CT molecular complexity index is 554. The van der Waals surface area contributed by atoms with E-state index >= 15 is 0 Å². The molecule has 0 spiro atoms. The standard InChI is InChI=1S/C17H23N3O/c1-4-5-15-10-17(19-12-18-15)20-14(3)11-21-16-8-6-13(2)7-9-16/h6-10,12,14H,4-5,11H2,1-3H3,(H,18,19,20). The van der Waals surface area contributed by atoms with Crippen LogP contribution in [0.25, 0.3) is 0 Å². The number of aryl methyl sites for hydroxylation is 2. The molecule has 0 amide bonds. The van der Waals surface area contributed by atoms with E-state index in [1.807, 2.05) is 18.2 Å². The van der Waals surface area contributed by atoms with E-state index in [9.17, 15) is 0 Å². The smallest absolute Gasteiger partial charge is 0.129 e. The third kappa shape index (κ3) is 5.06. The Kier molecular flexibility index (Phi) is 5.55. The first-order valence-electron chi connectivity index (χ1n) is 7.44. The minimum absolute atomic E-state index is 0.177. The van der Waals surface area contributed by atoms with Crippen molar-refractivity contribution in [3.8, 4) is 5.75 Å². The van der Waals surface area contributed by atoms with E-state index < -0.39 is 0 Å². The second-order valence-electron chi connectivity index (χ2n) is 5.31. The van der Waals surface area contributed by atoms with Crippen LogP contribution in [0.2, 0.25) is 0 Å². The lowest BCUT2D eigenvalue weighted by Gasteiger charge is -2.16. The maximum Gasteiger partial charge on any atom is 0.129 e. The zero-order valence-electron chi connectivity index (χ0n) is 13.0. The zero-order valence-corrected chi connectivity index (χ0v) is 13.0. The first kappa shape index (κ1) is 15.3. The van der Waals surface area contributed by atoms with E-state index in [4.69, 9.17) is 4.74 Å². The third-order valence-electron chi connectivity index (χ3n) is 3.15. The van der Waals surface area contributed by atoms with Crippen LogP contribution in [0.15, 0.2) is 36.7 Å². The lowest BCUT2D eigenvalue weighted by molar-refractivity contribution is 0.303. The lowest BCUT2D eigenvalue weighted by Crippen LogP contribution is -2.24. The van der Waals surface area contributed by atoms with Crippen LogP contribution in [0.4, 0.5) is 5.82 Å². The maximum absolute atomic E-state index is 5.77. The molecule has 21 heavy (non-hydrogen) atoms. The van der Waals surface area contributed by atoms with Crippen LogP contribution in [0.1, 0.15) is 31.5 Å². The molecular weight excluding hydrogens is 262 g/mol. The Morgan fingerprint density at radius 3 is 2.67 bits per heavy atom. The van der Waals surface area contributed by atoms with Gasteiger partial charge in [-0.05, 0) is 32.4 Å². The van der Waals surface area contributed by atoms with Crippen LogP contribution in [0, 0.1) is 6.92 Å². The predicted octanol–water partition coefficient (Wildman–Crippen LogP) is 3.62. The largest absolute Gasteiger partial charge is 0.491 e. The molecule has 1 unspecified atom stereocenters. The number of nitrogens with zero attached hydrogens (tertiary/aromatic N) is 2. The summed E-state index contributed by atoms with van der Waals surface area (Å²) in [5.41, 5.74) is 2.31. The molecule has 0 saturated carbocycles. The van der Waals surface area contributed by atoms with Crippen molar-refractivity contribution < 1.29 is 4.74 Å². The van der Waals surface area contributed by atoms with E-state index in [-0.39, 0.29) is 6.04 Å². The van der Waals surface area contributed by atoms with E-state index in [0.29, 0.717) is 6.61 Å². The summed E-state index contributed by atoms with van der Waals surface area (Å²) >= 11 is 0. The molecule has 1 heterocycles. The molecule has 2 aromatic rings. The average molecular weight is 285 g/mol.